The van der Waals surface area contributed by atoms with Gasteiger partial charge < -0.3 is 26.6 Å². The quantitative estimate of drug-likeness (QED) is 0.422. The lowest BCUT2D eigenvalue weighted by atomic mass is 9.87. The van der Waals surface area contributed by atoms with E-state index < -0.39 is 11.2 Å². The van der Waals surface area contributed by atoms with Crippen molar-refractivity contribution in [1.29, 1.82) is 0 Å². The van der Waals surface area contributed by atoms with Crippen molar-refractivity contribution in [3.8, 4) is 5.69 Å². The summed E-state index contributed by atoms with van der Waals surface area (Å²) in [5, 5.41) is 6.51. The number of urea groups is 1. The molecule has 3 amide bonds. The number of aromatic nitrogens is 2. The highest BCUT2D eigenvalue weighted by molar-refractivity contribution is 5.89. The van der Waals surface area contributed by atoms with Crippen LogP contribution in [0.3, 0.4) is 0 Å². The van der Waals surface area contributed by atoms with Crippen LogP contribution in [0.15, 0.2) is 35.3 Å². The molecule has 2 aromatic rings. The van der Waals surface area contributed by atoms with Crippen molar-refractivity contribution in [2.75, 3.05) is 31.5 Å². The molecule has 40 heavy (non-hydrogen) atoms. The summed E-state index contributed by atoms with van der Waals surface area (Å²) in [5.41, 5.74) is 13.9. The number of halogens is 1. The van der Waals surface area contributed by atoms with Crippen LogP contribution in [-0.2, 0) is 17.6 Å². The molecule has 1 aromatic heterocycles. The van der Waals surface area contributed by atoms with E-state index in [0.29, 0.717) is 44.3 Å². The number of carbonyl (C=O) groups excluding carboxylic acids is 2. The van der Waals surface area contributed by atoms with E-state index in [1.807, 2.05) is 6.07 Å². The Morgan fingerprint density at radius 2 is 1.73 bits per heavy atom. The van der Waals surface area contributed by atoms with Crippen molar-refractivity contribution >= 4 is 30.2 Å². The molecule has 3 aliphatic rings. The number of benzene rings is 1. The first kappa shape index (κ1) is 30.0. The summed E-state index contributed by atoms with van der Waals surface area (Å²) in [4.78, 5) is 45.3. The van der Waals surface area contributed by atoms with Crippen molar-refractivity contribution < 1.29 is 9.59 Å². The minimum absolute atomic E-state index is 0. The summed E-state index contributed by atoms with van der Waals surface area (Å²) in [7, 11) is 0. The van der Waals surface area contributed by atoms with Crippen LogP contribution in [0.25, 0.3) is 5.69 Å². The molecule has 1 aliphatic heterocycles. The molecule has 1 saturated heterocycles. The number of nitrogens with two attached hydrogens (primary N) is 2. The van der Waals surface area contributed by atoms with Crippen LogP contribution in [0.1, 0.15) is 50.7 Å². The maximum Gasteiger partial charge on any atom is 0.354 e. The predicted octanol–water partition coefficient (Wildman–Crippen LogP) is 1.39. The summed E-state index contributed by atoms with van der Waals surface area (Å²) >= 11 is 0. The zero-order valence-electron chi connectivity index (χ0n) is 23.3. The lowest BCUT2D eigenvalue weighted by Crippen LogP contribution is -2.58. The van der Waals surface area contributed by atoms with E-state index in [0.717, 1.165) is 44.2 Å². The van der Waals surface area contributed by atoms with Crippen molar-refractivity contribution in [2.45, 2.75) is 76.0 Å². The molecule has 3 atom stereocenters. The predicted molar refractivity (Wildman–Crippen MR) is 157 cm³/mol. The van der Waals surface area contributed by atoms with E-state index in [4.69, 9.17) is 11.5 Å². The van der Waals surface area contributed by atoms with Gasteiger partial charge >= 0.3 is 11.7 Å². The van der Waals surface area contributed by atoms with Crippen LogP contribution in [0.4, 0.5) is 10.6 Å². The molecular weight excluding hydrogens is 532 g/mol. The molecule has 1 aromatic carbocycles. The maximum atomic E-state index is 12.9. The molecule has 5 rings (SSSR count). The molecule has 1 saturated carbocycles. The van der Waals surface area contributed by atoms with E-state index >= 15 is 0 Å². The van der Waals surface area contributed by atoms with Crippen molar-refractivity contribution in [3.05, 3.63) is 52.1 Å². The highest BCUT2D eigenvalue weighted by Crippen LogP contribution is 2.26. The molecule has 0 bridgehead atoms. The smallest absolute Gasteiger partial charge is 0.338 e. The Labute approximate surface area is 241 Å². The Kier molecular flexibility index (Phi) is 9.19. The van der Waals surface area contributed by atoms with Crippen molar-refractivity contribution in [2.24, 2.45) is 11.5 Å². The first-order valence-corrected chi connectivity index (χ1v) is 13.9. The molecule has 2 fully saturated rings. The Bertz CT molecular complexity index is 1290. The Balaban J connectivity index is 0.00000370. The molecule has 218 valence electrons. The molecule has 6 N–H and O–H groups in total. The third-order valence-electron chi connectivity index (χ3n) is 8.09. The van der Waals surface area contributed by atoms with Gasteiger partial charge in [0.2, 0.25) is 5.91 Å². The lowest BCUT2D eigenvalue weighted by molar-refractivity contribution is -0.137. The monoisotopic (exact) mass is 572 g/mol. The van der Waals surface area contributed by atoms with Crippen LogP contribution in [-0.4, -0.2) is 81.1 Å². The number of amides is 3. The number of nitrogens with zero attached hydrogens (tertiary/aromatic N) is 4. The summed E-state index contributed by atoms with van der Waals surface area (Å²) < 4.78 is 1.50. The van der Waals surface area contributed by atoms with Gasteiger partial charge in [0.1, 0.15) is 5.82 Å². The topological polar surface area (TPSA) is 152 Å². The molecule has 0 spiro atoms. The van der Waals surface area contributed by atoms with Crippen LogP contribution in [0.5, 0.6) is 0 Å². The van der Waals surface area contributed by atoms with Gasteiger partial charge in [-0.3, -0.25) is 14.7 Å². The zero-order chi connectivity index (χ0) is 27.7. The molecule has 11 nitrogen and oxygen atoms in total. The lowest BCUT2D eigenvalue weighted by Gasteiger charge is -2.37. The molecule has 0 radical (unpaired) electrons. The van der Waals surface area contributed by atoms with Crippen molar-refractivity contribution in [3.63, 3.8) is 0 Å². The van der Waals surface area contributed by atoms with E-state index in [2.05, 4.69) is 27.8 Å². The largest absolute Gasteiger partial charge is 0.354 e. The zero-order valence-corrected chi connectivity index (χ0v) is 24.1. The highest BCUT2D eigenvalue weighted by Gasteiger charge is 2.31. The second-order valence-corrected chi connectivity index (χ2v) is 11.7. The Morgan fingerprint density at radius 3 is 2.38 bits per heavy atom. The number of hydrogen-bond donors (Lipinski definition) is 4. The number of hydrogen-bond acceptors (Lipinski definition) is 7. The number of piperazine rings is 1. The number of carbonyl (C=O) groups is 2. The number of anilines is 1. The van der Waals surface area contributed by atoms with E-state index in [1.165, 1.54) is 15.7 Å². The first-order chi connectivity index (χ1) is 18.6. The average Bonchev–Trinajstić information content (AvgIpc) is 3.32. The van der Waals surface area contributed by atoms with Crippen LogP contribution < -0.4 is 27.8 Å². The van der Waals surface area contributed by atoms with Gasteiger partial charge in [-0.25, -0.2) is 9.59 Å². The van der Waals surface area contributed by atoms with Gasteiger partial charge in [0, 0.05) is 50.5 Å². The van der Waals surface area contributed by atoms with E-state index in [9.17, 15) is 14.4 Å². The average molecular weight is 573 g/mol. The van der Waals surface area contributed by atoms with Crippen LogP contribution in [0.2, 0.25) is 0 Å². The summed E-state index contributed by atoms with van der Waals surface area (Å²) in [6.07, 6.45) is 7.95. The standard InChI is InChI=1S/C28H40N8O3.ClH/c1-28(2,30)25(37)34-11-13-35(14-12-34)26(38)32-24-9-10-36(27(39)33-24)23-8-4-18-15-21(6-3-19(18)16-23)31-22-7-5-20(29)17-22;/h4,8-10,16,20-22,31H,3,5-7,11-15,17,29-30H2,1-2H3,(H,32,33,38,39);1H/t20-,21-,22-;/m0./s1. The molecule has 12 heteroatoms. The second-order valence-electron chi connectivity index (χ2n) is 11.7. The summed E-state index contributed by atoms with van der Waals surface area (Å²) in [6, 6.07) is 8.71. The summed E-state index contributed by atoms with van der Waals surface area (Å²) in [5.74, 6) is 0.0575. The van der Waals surface area contributed by atoms with Gasteiger partial charge in [0.05, 0.1) is 11.2 Å². The summed E-state index contributed by atoms with van der Waals surface area (Å²) in [6.45, 7) is 4.92. The maximum absolute atomic E-state index is 12.9. The fraction of sp³-hybridized carbons (Fsp3) is 0.571. The third kappa shape index (κ3) is 6.83. The van der Waals surface area contributed by atoms with Gasteiger partial charge in [-0.05, 0) is 81.7 Å². The third-order valence-corrected chi connectivity index (χ3v) is 8.09. The SMILES string of the molecule is CC(C)(N)C(=O)N1CCN(C(=O)Nc2ccn(-c3ccc4c(c3)CC[C@H](N[C@H]3CC[C@H](N)C3)C4)c(=O)n2)CC1.Cl. The van der Waals surface area contributed by atoms with Gasteiger partial charge in [-0.15, -0.1) is 12.4 Å². The second kappa shape index (κ2) is 12.3. The molecule has 0 unspecified atom stereocenters. The Hall–Kier alpha value is -2.99. The fourth-order valence-electron chi connectivity index (χ4n) is 5.91. The molecule has 2 heterocycles. The number of nitrogens with one attached hydrogen (secondary N) is 2. The van der Waals surface area contributed by atoms with Crippen LogP contribution in [0, 0.1) is 0 Å². The minimum Gasteiger partial charge on any atom is -0.338 e. The van der Waals surface area contributed by atoms with Gasteiger partial charge in [-0.1, -0.05) is 6.07 Å². The Morgan fingerprint density at radius 1 is 1.00 bits per heavy atom. The van der Waals surface area contributed by atoms with Crippen molar-refractivity contribution in [1.82, 2.24) is 24.7 Å². The number of fused-ring (bicyclic) bond motifs is 1. The number of rotatable bonds is 5. The molecular formula is C28H41ClN8O3. The van der Waals surface area contributed by atoms with E-state index in [1.54, 1.807) is 35.9 Å². The fourth-order valence-corrected chi connectivity index (χ4v) is 5.91. The highest BCUT2D eigenvalue weighted by atomic mass is 35.5. The molecule has 2 aliphatic carbocycles. The normalized spacial score (nSPS) is 22.9. The van der Waals surface area contributed by atoms with Gasteiger partial charge in [-0.2, -0.15) is 4.98 Å². The first-order valence-electron chi connectivity index (χ1n) is 13.9. The van der Waals surface area contributed by atoms with Crippen LogP contribution >= 0.6 is 12.4 Å². The van der Waals surface area contributed by atoms with Gasteiger partial charge in [0.15, 0.2) is 0 Å². The minimum atomic E-state index is -0.944. The van der Waals surface area contributed by atoms with Gasteiger partial charge in [0.25, 0.3) is 0 Å². The van der Waals surface area contributed by atoms with E-state index in [-0.39, 0.29) is 30.2 Å². The number of aryl methyl sites for hydroxylation is 1.